The molecule has 2 heterocycles. The SMILES string of the molecule is COc1cc(OC)c(-c2cn3ccc(NC4CCCCC4)cc3n2)cc1Cl. The zero-order valence-electron chi connectivity index (χ0n) is 15.7. The summed E-state index contributed by atoms with van der Waals surface area (Å²) < 4.78 is 12.8. The molecule has 1 aliphatic rings. The van der Waals surface area contributed by atoms with Gasteiger partial charge in [0.2, 0.25) is 0 Å². The summed E-state index contributed by atoms with van der Waals surface area (Å²) in [6, 6.07) is 8.39. The first-order valence-electron chi connectivity index (χ1n) is 9.35. The molecule has 0 unspecified atom stereocenters. The summed E-state index contributed by atoms with van der Waals surface area (Å²) in [4.78, 5) is 4.79. The summed E-state index contributed by atoms with van der Waals surface area (Å²) in [7, 11) is 3.22. The Morgan fingerprint density at radius 2 is 1.85 bits per heavy atom. The largest absolute Gasteiger partial charge is 0.496 e. The van der Waals surface area contributed by atoms with Crippen LogP contribution < -0.4 is 14.8 Å². The van der Waals surface area contributed by atoms with Crippen molar-refractivity contribution in [2.24, 2.45) is 0 Å². The maximum Gasteiger partial charge on any atom is 0.141 e. The number of methoxy groups -OCH3 is 2. The predicted molar refractivity (Wildman–Crippen MR) is 109 cm³/mol. The molecule has 0 spiro atoms. The first kappa shape index (κ1) is 18.0. The second-order valence-corrected chi connectivity index (χ2v) is 7.38. The number of hydrogen-bond acceptors (Lipinski definition) is 4. The molecule has 1 aromatic carbocycles. The minimum absolute atomic E-state index is 0.532. The van der Waals surface area contributed by atoms with Crippen molar-refractivity contribution in [3.63, 3.8) is 0 Å². The lowest BCUT2D eigenvalue weighted by Gasteiger charge is -2.23. The molecule has 142 valence electrons. The zero-order valence-corrected chi connectivity index (χ0v) is 16.4. The molecule has 5 nitrogen and oxygen atoms in total. The summed E-state index contributed by atoms with van der Waals surface area (Å²) in [6.07, 6.45) is 10.5. The molecule has 0 saturated heterocycles. The van der Waals surface area contributed by atoms with Crippen molar-refractivity contribution in [1.82, 2.24) is 9.38 Å². The monoisotopic (exact) mass is 385 g/mol. The number of nitrogens with zero attached hydrogens (tertiary/aromatic N) is 2. The second kappa shape index (κ2) is 7.69. The fraction of sp³-hybridized carbons (Fsp3) is 0.381. The second-order valence-electron chi connectivity index (χ2n) is 6.97. The van der Waals surface area contributed by atoms with E-state index in [1.54, 1.807) is 20.3 Å². The molecule has 0 bridgehead atoms. The molecule has 0 amide bonds. The minimum atomic E-state index is 0.532. The lowest BCUT2D eigenvalue weighted by Crippen LogP contribution is -2.22. The van der Waals surface area contributed by atoms with Gasteiger partial charge in [-0.05, 0) is 25.0 Å². The van der Waals surface area contributed by atoms with Gasteiger partial charge in [0.05, 0.1) is 24.9 Å². The Hall–Kier alpha value is -2.40. The van der Waals surface area contributed by atoms with Crippen molar-refractivity contribution in [1.29, 1.82) is 0 Å². The number of hydrogen-bond donors (Lipinski definition) is 1. The highest BCUT2D eigenvalue weighted by atomic mass is 35.5. The number of nitrogens with one attached hydrogen (secondary N) is 1. The highest BCUT2D eigenvalue weighted by Gasteiger charge is 2.16. The van der Waals surface area contributed by atoms with E-state index < -0.39 is 0 Å². The van der Waals surface area contributed by atoms with Crippen LogP contribution in [0.15, 0.2) is 36.7 Å². The van der Waals surface area contributed by atoms with Crippen LogP contribution in [0.2, 0.25) is 5.02 Å². The van der Waals surface area contributed by atoms with Crippen LogP contribution in [-0.2, 0) is 0 Å². The van der Waals surface area contributed by atoms with E-state index in [0.717, 1.165) is 22.6 Å². The molecule has 6 heteroatoms. The Morgan fingerprint density at radius 1 is 1.07 bits per heavy atom. The number of benzene rings is 1. The zero-order chi connectivity index (χ0) is 18.8. The van der Waals surface area contributed by atoms with Crippen molar-refractivity contribution in [2.45, 2.75) is 38.1 Å². The molecular formula is C21H24ClN3O2. The van der Waals surface area contributed by atoms with Gasteiger partial charge in [-0.1, -0.05) is 30.9 Å². The molecule has 2 aromatic heterocycles. The number of halogens is 1. The van der Waals surface area contributed by atoms with Crippen LogP contribution >= 0.6 is 11.6 Å². The summed E-state index contributed by atoms with van der Waals surface area (Å²) in [5.74, 6) is 1.26. The van der Waals surface area contributed by atoms with E-state index in [-0.39, 0.29) is 0 Å². The van der Waals surface area contributed by atoms with Crippen LogP contribution in [0.4, 0.5) is 5.69 Å². The Morgan fingerprint density at radius 3 is 2.59 bits per heavy atom. The van der Waals surface area contributed by atoms with Crippen molar-refractivity contribution in [3.8, 4) is 22.8 Å². The van der Waals surface area contributed by atoms with Crippen LogP contribution in [0, 0.1) is 0 Å². The van der Waals surface area contributed by atoms with E-state index in [4.69, 9.17) is 26.1 Å². The van der Waals surface area contributed by atoms with Crippen LogP contribution in [0.3, 0.4) is 0 Å². The summed E-state index contributed by atoms with van der Waals surface area (Å²) in [6.45, 7) is 0. The average molecular weight is 386 g/mol. The maximum absolute atomic E-state index is 6.32. The Labute approximate surface area is 164 Å². The Balaban J connectivity index is 1.66. The number of imidazole rings is 1. The number of anilines is 1. The van der Waals surface area contributed by atoms with Crippen molar-refractivity contribution < 1.29 is 9.47 Å². The van der Waals surface area contributed by atoms with Crippen molar-refractivity contribution >= 4 is 22.9 Å². The van der Waals surface area contributed by atoms with E-state index in [1.807, 2.05) is 22.9 Å². The van der Waals surface area contributed by atoms with Gasteiger partial charge < -0.3 is 19.2 Å². The molecule has 1 fully saturated rings. The third kappa shape index (κ3) is 3.69. The summed E-state index contributed by atoms with van der Waals surface area (Å²) >= 11 is 6.32. The van der Waals surface area contributed by atoms with Gasteiger partial charge in [0, 0.05) is 41.8 Å². The average Bonchev–Trinajstić information content (AvgIpc) is 3.11. The van der Waals surface area contributed by atoms with Crippen LogP contribution in [0.5, 0.6) is 11.5 Å². The minimum Gasteiger partial charge on any atom is -0.496 e. The predicted octanol–water partition coefficient (Wildman–Crippen LogP) is 5.42. The van der Waals surface area contributed by atoms with Gasteiger partial charge in [-0.25, -0.2) is 4.98 Å². The number of pyridine rings is 1. The molecular weight excluding hydrogens is 362 g/mol. The lowest BCUT2D eigenvalue weighted by molar-refractivity contribution is 0.395. The van der Waals surface area contributed by atoms with Gasteiger partial charge in [0.25, 0.3) is 0 Å². The van der Waals surface area contributed by atoms with Crippen LogP contribution in [-0.4, -0.2) is 29.6 Å². The highest BCUT2D eigenvalue weighted by molar-refractivity contribution is 6.32. The molecule has 1 saturated carbocycles. The van der Waals surface area contributed by atoms with Gasteiger partial charge in [-0.15, -0.1) is 0 Å². The first-order chi connectivity index (χ1) is 13.2. The van der Waals surface area contributed by atoms with Gasteiger partial charge >= 0.3 is 0 Å². The fourth-order valence-electron chi connectivity index (χ4n) is 3.74. The molecule has 0 radical (unpaired) electrons. The number of aromatic nitrogens is 2. The topological polar surface area (TPSA) is 47.8 Å². The third-order valence-electron chi connectivity index (χ3n) is 5.19. The summed E-state index contributed by atoms with van der Waals surface area (Å²) in [5, 5.41) is 4.19. The normalized spacial score (nSPS) is 15.1. The van der Waals surface area contributed by atoms with E-state index in [0.29, 0.717) is 22.6 Å². The molecule has 1 N–H and O–H groups in total. The van der Waals surface area contributed by atoms with Crippen LogP contribution in [0.1, 0.15) is 32.1 Å². The van der Waals surface area contributed by atoms with E-state index in [2.05, 4.69) is 17.4 Å². The maximum atomic E-state index is 6.32. The van der Waals surface area contributed by atoms with E-state index >= 15 is 0 Å². The number of fused-ring (bicyclic) bond motifs is 1. The fourth-order valence-corrected chi connectivity index (χ4v) is 3.99. The van der Waals surface area contributed by atoms with Crippen molar-refractivity contribution in [3.05, 3.63) is 41.7 Å². The Kier molecular flexibility index (Phi) is 5.12. The molecule has 1 aliphatic carbocycles. The molecule has 27 heavy (non-hydrogen) atoms. The standard InChI is InChI=1S/C21H24ClN3O2/c1-26-19-12-20(27-2)17(22)11-16(19)18-13-25-9-8-15(10-21(25)24-18)23-14-6-4-3-5-7-14/h8-14,23H,3-7H2,1-2H3. The molecule has 0 atom stereocenters. The lowest BCUT2D eigenvalue weighted by atomic mass is 9.95. The smallest absolute Gasteiger partial charge is 0.141 e. The van der Waals surface area contributed by atoms with Gasteiger partial charge in [-0.2, -0.15) is 0 Å². The van der Waals surface area contributed by atoms with Gasteiger partial charge in [-0.3, -0.25) is 0 Å². The van der Waals surface area contributed by atoms with Crippen molar-refractivity contribution in [2.75, 3.05) is 19.5 Å². The molecule has 3 aromatic rings. The Bertz CT molecular complexity index is 948. The summed E-state index contributed by atoms with van der Waals surface area (Å²) in [5.41, 5.74) is 3.66. The quantitative estimate of drug-likeness (QED) is 0.637. The highest BCUT2D eigenvalue weighted by Crippen LogP contribution is 2.38. The molecule has 4 rings (SSSR count). The molecule has 0 aliphatic heterocycles. The number of rotatable bonds is 5. The van der Waals surface area contributed by atoms with Gasteiger partial charge in [0.15, 0.2) is 0 Å². The first-order valence-corrected chi connectivity index (χ1v) is 9.73. The van der Waals surface area contributed by atoms with Gasteiger partial charge in [0.1, 0.15) is 17.1 Å². The third-order valence-corrected chi connectivity index (χ3v) is 5.48. The number of ether oxygens (including phenoxy) is 2. The van der Waals surface area contributed by atoms with E-state index in [9.17, 15) is 0 Å². The van der Waals surface area contributed by atoms with Crippen LogP contribution in [0.25, 0.3) is 16.9 Å². The van der Waals surface area contributed by atoms with E-state index in [1.165, 1.54) is 32.1 Å².